The number of hydroxylamine groups is 1. The topological polar surface area (TPSA) is 96.7 Å². The summed E-state index contributed by atoms with van der Waals surface area (Å²) in [6.07, 6.45) is 0. The molecule has 0 aliphatic heterocycles. The molecule has 0 bridgehead atoms. The first-order valence-corrected chi connectivity index (χ1v) is 8.66. The number of halogens is 1. The molecule has 0 aliphatic rings. The number of carbonyl (C=O) groups is 1. The van der Waals surface area contributed by atoms with Gasteiger partial charge in [-0.05, 0) is 36.4 Å². The van der Waals surface area contributed by atoms with Gasteiger partial charge in [0.25, 0.3) is 10.0 Å². The molecule has 0 radical (unpaired) electrons. The smallest absolute Gasteiger partial charge is 0.343 e. The summed E-state index contributed by atoms with van der Waals surface area (Å²) in [6.45, 7) is 0. The van der Waals surface area contributed by atoms with Gasteiger partial charge in [0.1, 0.15) is 5.75 Å². The lowest BCUT2D eigenvalue weighted by molar-refractivity contribution is -0.0258. The van der Waals surface area contributed by atoms with Crippen LogP contribution in [0.25, 0.3) is 0 Å². The molecule has 2 aromatic carbocycles. The molecule has 2 aromatic rings. The van der Waals surface area contributed by atoms with Crippen molar-refractivity contribution in [1.29, 1.82) is 5.26 Å². The molecule has 9 heteroatoms. The lowest BCUT2D eigenvalue weighted by Gasteiger charge is -2.14. The monoisotopic (exact) mass is 380 g/mol. The summed E-state index contributed by atoms with van der Waals surface area (Å²) in [5, 5.41) is 8.89. The van der Waals surface area contributed by atoms with E-state index in [1.165, 1.54) is 56.6 Å². The molecule has 0 aliphatic carbocycles. The Morgan fingerprint density at radius 3 is 2.56 bits per heavy atom. The maximum absolute atomic E-state index is 12.3. The van der Waals surface area contributed by atoms with E-state index in [1.807, 2.05) is 6.07 Å². The molecule has 0 amide bonds. The third-order valence-corrected chi connectivity index (χ3v) is 5.20. The Morgan fingerprint density at radius 2 is 1.96 bits per heavy atom. The fourth-order valence-electron chi connectivity index (χ4n) is 1.84. The number of esters is 1. The van der Waals surface area contributed by atoms with Gasteiger partial charge in [0.15, 0.2) is 0 Å². The average molecular weight is 381 g/mol. The molecule has 130 valence electrons. The van der Waals surface area contributed by atoms with Gasteiger partial charge in [0.2, 0.25) is 0 Å². The van der Waals surface area contributed by atoms with Crippen molar-refractivity contribution in [2.24, 2.45) is 0 Å². The highest BCUT2D eigenvalue weighted by molar-refractivity contribution is 7.89. The highest BCUT2D eigenvalue weighted by Crippen LogP contribution is 2.26. The number of hydrogen-bond donors (Lipinski definition) is 0. The second-order valence-electron chi connectivity index (χ2n) is 4.77. The minimum absolute atomic E-state index is 0.0194. The molecule has 7 nitrogen and oxygen atoms in total. The first-order valence-electron chi connectivity index (χ1n) is 6.84. The Bertz CT molecular complexity index is 953. The van der Waals surface area contributed by atoms with Crippen molar-refractivity contribution >= 4 is 27.6 Å². The van der Waals surface area contributed by atoms with E-state index in [9.17, 15) is 13.2 Å². The van der Waals surface area contributed by atoms with Crippen molar-refractivity contribution < 1.29 is 22.8 Å². The molecule has 2 rings (SSSR count). The third-order valence-electron chi connectivity index (χ3n) is 3.23. The summed E-state index contributed by atoms with van der Waals surface area (Å²) < 4.78 is 30.3. The third kappa shape index (κ3) is 4.15. The van der Waals surface area contributed by atoms with Gasteiger partial charge < -0.3 is 4.74 Å². The Kier molecular flexibility index (Phi) is 5.77. The second-order valence-corrected chi connectivity index (χ2v) is 7.11. The summed E-state index contributed by atoms with van der Waals surface area (Å²) in [6, 6.07) is 11.4. The minimum atomic E-state index is -3.89. The van der Waals surface area contributed by atoms with Gasteiger partial charge in [-0.1, -0.05) is 22.1 Å². The van der Waals surface area contributed by atoms with Crippen molar-refractivity contribution in [2.75, 3.05) is 14.2 Å². The maximum Gasteiger partial charge on any atom is 0.343 e. The summed E-state index contributed by atoms with van der Waals surface area (Å²) in [5.41, 5.74) is 0.339. The molecular weight excluding hydrogens is 368 g/mol. The van der Waals surface area contributed by atoms with Crippen LogP contribution in [0, 0.1) is 11.3 Å². The molecule has 0 N–H and O–H groups in total. The first kappa shape index (κ1) is 18.9. The zero-order valence-electron chi connectivity index (χ0n) is 13.3. The number of hydrogen-bond acceptors (Lipinski definition) is 6. The van der Waals surface area contributed by atoms with Crippen LogP contribution in [0.5, 0.6) is 5.75 Å². The van der Waals surface area contributed by atoms with E-state index >= 15 is 0 Å². The van der Waals surface area contributed by atoms with Crippen molar-refractivity contribution in [3.05, 3.63) is 58.6 Å². The lowest BCUT2D eigenvalue weighted by Crippen LogP contribution is -2.26. The van der Waals surface area contributed by atoms with Crippen LogP contribution < -0.4 is 4.74 Å². The summed E-state index contributed by atoms with van der Waals surface area (Å²) >= 11 is 5.96. The molecule has 0 saturated carbocycles. The fraction of sp³-hybridized carbons (Fsp3) is 0.125. The minimum Gasteiger partial charge on any atom is -0.421 e. The number of nitrogens with zero attached hydrogens (tertiary/aromatic N) is 2. The van der Waals surface area contributed by atoms with Crippen LogP contribution in [0.1, 0.15) is 15.9 Å². The number of nitriles is 1. The molecule has 0 atom stereocenters. The molecule has 0 saturated heterocycles. The standard InChI is InChI=1S/C16H13ClN2O5S/c1-19(23-2)25(21,22)13-5-3-4-12(9-13)16(20)24-15-7-6-11(10-18)8-14(15)17/h3-9H,1-2H3. The van der Waals surface area contributed by atoms with E-state index in [1.54, 1.807) is 0 Å². The van der Waals surface area contributed by atoms with E-state index in [2.05, 4.69) is 4.84 Å². The Balaban J connectivity index is 2.30. The Labute approximate surface area is 150 Å². The van der Waals surface area contributed by atoms with E-state index in [0.717, 1.165) is 0 Å². The van der Waals surface area contributed by atoms with E-state index in [4.69, 9.17) is 21.6 Å². The van der Waals surface area contributed by atoms with Crippen LogP contribution in [0.2, 0.25) is 5.02 Å². The number of rotatable bonds is 5. The molecule has 0 spiro atoms. The number of sulfonamides is 1. The van der Waals surface area contributed by atoms with Gasteiger partial charge in [-0.25, -0.2) is 13.2 Å². The van der Waals surface area contributed by atoms with Gasteiger partial charge in [0, 0.05) is 7.05 Å². The SMILES string of the molecule is CON(C)S(=O)(=O)c1cccc(C(=O)Oc2ccc(C#N)cc2Cl)c1. The van der Waals surface area contributed by atoms with Gasteiger partial charge in [-0.2, -0.15) is 5.26 Å². The highest BCUT2D eigenvalue weighted by Gasteiger charge is 2.22. The number of carbonyl (C=O) groups excluding carboxylic acids is 1. The Hall–Kier alpha value is -2.44. The predicted molar refractivity (Wildman–Crippen MR) is 89.5 cm³/mol. The summed E-state index contributed by atoms with van der Waals surface area (Å²) in [4.78, 5) is 16.8. The van der Waals surface area contributed by atoms with Crippen molar-refractivity contribution in [2.45, 2.75) is 4.90 Å². The Morgan fingerprint density at radius 1 is 1.24 bits per heavy atom. The van der Waals surface area contributed by atoms with Crippen molar-refractivity contribution in [3.63, 3.8) is 0 Å². The zero-order chi connectivity index (χ0) is 18.6. The van der Waals surface area contributed by atoms with E-state index in [-0.39, 0.29) is 21.2 Å². The number of benzene rings is 2. The van der Waals surface area contributed by atoms with E-state index < -0.39 is 16.0 Å². The fourth-order valence-corrected chi connectivity index (χ4v) is 3.08. The molecule has 0 aromatic heterocycles. The van der Waals surface area contributed by atoms with Crippen LogP contribution in [-0.2, 0) is 14.9 Å². The zero-order valence-corrected chi connectivity index (χ0v) is 14.8. The van der Waals surface area contributed by atoms with Gasteiger partial charge in [0.05, 0.1) is 34.2 Å². The van der Waals surface area contributed by atoms with Gasteiger partial charge >= 0.3 is 5.97 Å². The van der Waals surface area contributed by atoms with Crippen molar-refractivity contribution in [3.8, 4) is 11.8 Å². The maximum atomic E-state index is 12.3. The van der Waals surface area contributed by atoms with Crippen LogP contribution >= 0.6 is 11.6 Å². The molecule has 0 fully saturated rings. The lowest BCUT2D eigenvalue weighted by atomic mass is 10.2. The van der Waals surface area contributed by atoms with E-state index in [0.29, 0.717) is 10.0 Å². The molecule has 25 heavy (non-hydrogen) atoms. The normalized spacial score (nSPS) is 11.2. The van der Waals surface area contributed by atoms with Gasteiger partial charge in [-0.15, -0.1) is 0 Å². The quantitative estimate of drug-likeness (QED) is 0.449. The van der Waals surface area contributed by atoms with Crippen molar-refractivity contribution in [1.82, 2.24) is 4.47 Å². The predicted octanol–water partition coefficient (Wildman–Crippen LogP) is 2.61. The van der Waals surface area contributed by atoms with Crippen LogP contribution in [-0.4, -0.2) is 33.0 Å². The summed E-state index contributed by atoms with van der Waals surface area (Å²) in [5.74, 6) is -0.725. The van der Waals surface area contributed by atoms with Crippen LogP contribution in [0.4, 0.5) is 0 Å². The van der Waals surface area contributed by atoms with Crippen LogP contribution in [0.15, 0.2) is 47.4 Å². The largest absolute Gasteiger partial charge is 0.421 e. The summed E-state index contributed by atoms with van der Waals surface area (Å²) in [7, 11) is -1.45. The molecular formula is C16H13ClN2O5S. The molecule has 0 heterocycles. The van der Waals surface area contributed by atoms with Crippen LogP contribution in [0.3, 0.4) is 0 Å². The molecule has 0 unspecified atom stereocenters. The first-order chi connectivity index (χ1) is 11.8. The average Bonchev–Trinajstić information content (AvgIpc) is 2.62. The second kappa shape index (κ2) is 7.63. The number of ether oxygens (including phenoxy) is 1. The van der Waals surface area contributed by atoms with Gasteiger partial charge in [-0.3, -0.25) is 4.84 Å². The highest BCUT2D eigenvalue weighted by atomic mass is 35.5.